The third-order valence-electron chi connectivity index (χ3n) is 2.65. The van der Waals surface area contributed by atoms with Crippen LogP contribution in [0.15, 0.2) is 30.6 Å². The van der Waals surface area contributed by atoms with Crippen LogP contribution < -0.4 is 10.1 Å². The van der Waals surface area contributed by atoms with E-state index in [0.717, 1.165) is 6.33 Å². The molecule has 2 rings (SSSR count). The molecule has 0 aliphatic heterocycles. The molecule has 1 aromatic heterocycles. The van der Waals surface area contributed by atoms with Gasteiger partial charge in [-0.1, -0.05) is 0 Å². The van der Waals surface area contributed by atoms with Crippen LogP contribution in [0.3, 0.4) is 0 Å². The zero-order chi connectivity index (χ0) is 16.1. The van der Waals surface area contributed by atoms with Gasteiger partial charge in [0.1, 0.15) is 6.33 Å². The third-order valence-corrected chi connectivity index (χ3v) is 2.65. The quantitative estimate of drug-likeness (QED) is 0.614. The average Bonchev–Trinajstić information content (AvgIpc) is 2.48. The molecule has 0 aliphatic carbocycles. The van der Waals surface area contributed by atoms with E-state index < -0.39 is 10.9 Å². The number of aromatic nitrogens is 2. The number of benzene rings is 1. The second-order valence-corrected chi connectivity index (χ2v) is 4.07. The number of hydrogen-bond acceptors (Lipinski definition) is 7. The molecular formula is C13H12N4O5. The summed E-state index contributed by atoms with van der Waals surface area (Å²) in [5, 5.41) is 22.8. The predicted octanol–water partition coefficient (Wildman–Crippen LogP) is 2.23. The number of nitrogens with zero attached hydrogens (tertiary/aromatic N) is 3. The van der Waals surface area contributed by atoms with Crippen LogP contribution in [-0.4, -0.2) is 32.6 Å². The lowest BCUT2D eigenvalue weighted by molar-refractivity contribution is -0.385. The van der Waals surface area contributed by atoms with Crippen LogP contribution in [-0.2, 0) is 0 Å². The molecule has 0 radical (unpaired) electrons. The summed E-state index contributed by atoms with van der Waals surface area (Å²) in [4.78, 5) is 28.9. The van der Waals surface area contributed by atoms with E-state index in [-0.39, 0.29) is 29.6 Å². The topological polar surface area (TPSA) is 127 Å². The van der Waals surface area contributed by atoms with Gasteiger partial charge in [0.15, 0.2) is 0 Å². The minimum absolute atomic E-state index is 0.0356. The van der Waals surface area contributed by atoms with Crippen LogP contribution in [0.5, 0.6) is 5.88 Å². The average molecular weight is 304 g/mol. The fourth-order valence-electron chi connectivity index (χ4n) is 1.69. The Labute approximate surface area is 124 Å². The van der Waals surface area contributed by atoms with Crippen molar-refractivity contribution in [2.45, 2.75) is 6.92 Å². The van der Waals surface area contributed by atoms with Crippen LogP contribution in [0.2, 0.25) is 0 Å². The molecule has 0 saturated carbocycles. The van der Waals surface area contributed by atoms with Gasteiger partial charge in [-0.3, -0.25) is 10.1 Å². The molecule has 1 heterocycles. The Hall–Kier alpha value is -3.23. The fraction of sp³-hybridized carbons (Fsp3) is 0.154. The number of carbonyl (C=O) groups is 1. The highest BCUT2D eigenvalue weighted by Gasteiger charge is 2.24. The van der Waals surface area contributed by atoms with Crippen molar-refractivity contribution in [1.29, 1.82) is 0 Å². The Morgan fingerprint density at radius 1 is 1.36 bits per heavy atom. The molecule has 2 N–H and O–H groups in total. The number of rotatable bonds is 6. The molecule has 0 aliphatic rings. The van der Waals surface area contributed by atoms with E-state index in [1.807, 2.05) is 0 Å². The van der Waals surface area contributed by atoms with Crippen molar-refractivity contribution in [3.05, 3.63) is 46.3 Å². The van der Waals surface area contributed by atoms with Gasteiger partial charge in [0.25, 0.3) is 5.88 Å². The summed E-state index contributed by atoms with van der Waals surface area (Å²) in [6.07, 6.45) is 1.14. The molecule has 0 fully saturated rings. The van der Waals surface area contributed by atoms with Gasteiger partial charge in [0, 0.05) is 5.69 Å². The highest BCUT2D eigenvalue weighted by atomic mass is 16.6. The van der Waals surface area contributed by atoms with E-state index in [4.69, 9.17) is 9.84 Å². The summed E-state index contributed by atoms with van der Waals surface area (Å²) in [6, 6.07) is 5.72. The monoisotopic (exact) mass is 304 g/mol. The van der Waals surface area contributed by atoms with Crippen molar-refractivity contribution >= 4 is 23.2 Å². The minimum Gasteiger partial charge on any atom is -0.478 e. The number of ether oxygens (including phenoxy) is 1. The number of nitro groups is 1. The first kappa shape index (κ1) is 15.2. The van der Waals surface area contributed by atoms with E-state index in [1.54, 1.807) is 6.92 Å². The first-order valence-electron chi connectivity index (χ1n) is 6.25. The third kappa shape index (κ3) is 3.26. The van der Waals surface area contributed by atoms with Gasteiger partial charge < -0.3 is 15.2 Å². The van der Waals surface area contributed by atoms with E-state index >= 15 is 0 Å². The van der Waals surface area contributed by atoms with Gasteiger partial charge in [-0.2, -0.15) is 4.98 Å². The molecule has 114 valence electrons. The van der Waals surface area contributed by atoms with Crippen LogP contribution >= 0.6 is 0 Å². The Morgan fingerprint density at radius 3 is 2.59 bits per heavy atom. The Morgan fingerprint density at radius 2 is 2.05 bits per heavy atom. The van der Waals surface area contributed by atoms with Crippen molar-refractivity contribution in [2.75, 3.05) is 11.9 Å². The highest BCUT2D eigenvalue weighted by molar-refractivity contribution is 5.88. The molecular weight excluding hydrogens is 292 g/mol. The summed E-state index contributed by atoms with van der Waals surface area (Å²) in [7, 11) is 0. The smallest absolute Gasteiger partial charge is 0.373 e. The molecule has 0 atom stereocenters. The molecule has 2 aromatic rings. The van der Waals surface area contributed by atoms with Crippen LogP contribution in [0, 0.1) is 10.1 Å². The minimum atomic E-state index is -1.06. The molecule has 9 nitrogen and oxygen atoms in total. The van der Waals surface area contributed by atoms with Crippen molar-refractivity contribution in [1.82, 2.24) is 9.97 Å². The lowest BCUT2D eigenvalue weighted by Gasteiger charge is -2.08. The Bertz CT molecular complexity index is 702. The van der Waals surface area contributed by atoms with Gasteiger partial charge in [-0.25, -0.2) is 9.78 Å². The SMILES string of the molecule is CCOc1ncnc(Nc2ccc(C(=O)O)cc2)c1[N+](=O)[O-]. The van der Waals surface area contributed by atoms with E-state index in [1.165, 1.54) is 24.3 Å². The van der Waals surface area contributed by atoms with Gasteiger partial charge >= 0.3 is 11.7 Å². The molecule has 22 heavy (non-hydrogen) atoms. The maximum atomic E-state index is 11.2. The molecule has 0 unspecified atom stereocenters. The van der Waals surface area contributed by atoms with Crippen molar-refractivity contribution in [3.63, 3.8) is 0 Å². The number of hydrogen-bond donors (Lipinski definition) is 2. The summed E-state index contributed by atoms with van der Waals surface area (Å²) in [5.74, 6) is -1.23. The van der Waals surface area contributed by atoms with E-state index in [0.29, 0.717) is 5.69 Å². The van der Waals surface area contributed by atoms with Gasteiger partial charge in [0.05, 0.1) is 17.1 Å². The summed E-state index contributed by atoms with van der Waals surface area (Å²) < 4.78 is 5.12. The molecule has 0 spiro atoms. The number of aromatic carboxylic acids is 1. The normalized spacial score (nSPS) is 10.0. The van der Waals surface area contributed by atoms with Gasteiger partial charge in [-0.05, 0) is 31.2 Å². The van der Waals surface area contributed by atoms with Crippen LogP contribution in [0.4, 0.5) is 17.2 Å². The van der Waals surface area contributed by atoms with Crippen molar-refractivity contribution < 1.29 is 19.6 Å². The maximum Gasteiger partial charge on any atom is 0.373 e. The summed E-state index contributed by atoms with van der Waals surface area (Å²) in [6.45, 7) is 1.91. The molecule has 9 heteroatoms. The van der Waals surface area contributed by atoms with Crippen LogP contribution in [0.25, 0.3) is 0 Å². The number of carboxylic acid groups (broad SMARTS) is 1. The van der Waals surface area contributed by atoms with Gasteiger partial charge in [-0.15, -0.1) is 0 Å². The second-order valence-electron chi connectivity index (χ2n) is 4.07. The van der Waals surface area contributed by atoms with Gasteiger partial charge in [0.2, 0.25) is 5.82 Å². The zero-order valence-electron chi connectivity index (χ0n) is 11.5. The van der Waals surface area contributed by atoms with E-state index in [9.17, 15) is 14.9 Å². The number of nitrogens with one attached hydrogen (secondary N) is 1. The fourth-order valence-corrected chi connectivity index (χ4v) is 1.69. The summed E-state index contributed by atoms with van der Waals surface area (Å²) in [5.41, 5.74) is 0.179. The molecule has 0 amide bonds. The first-order valence-corrected chi connectivity index (χ1v) is 6.25. The second kappa shape index (κ2) is 6.48. The van der Waals surface area contributed by atoms with E-state index in [2.05, 4.69) is 15.3 Å². The standard InChI is InChI=1S/C13H12N4O5/c1-2-22-12-10(17(20)21)11(14-7-15-12)16-9-5-3-8(4-6-9)13(18)19/h3-7H,2H2,1H3,(H,18,19)(H,14,15,16). The maximum absolute atomic E-state index is 11.2. The lowest BCUT2D eigenvalue weighted by atomic mass is 10.2. The van der Waals surface area contributed by atoms with Crippen molar-refractivity contribution in [2.24, 2.45) is 0 Å². The summed E-state index contributed by atoms with van der Waals surface area (Å²) >= 11 is 0. The number of anilines is 2. The van der Waals surface area contributed by atoms with Crippen LogP contribution in [0.1, 0.15) is 17.3 Å². The Kier molecular flexibility index (Phi) is 4.47. The molecule has 1 aromatic carbocycles. The molecule has 0 saturated heterocycles. The zero-order valence-corrected chi connectivity index (χ0v) is 11.5. The molecule has 0 bridgehead atoms. The van der Waals surface area contributed by atoms with Crippen molar-refractivity contribution in [3.8, 4) is 5.88 Å². The first-order chi connectivity index (χ1) is 10.5. The Balaban J connectivity index is 2.34. The number of carboxylic acids is 1. The lowest BCUT2D eigenvalue weighted by Crippen LogP contribution is -2.05. The highest BCUT2D eigenvalue weighted by Crippen LogP contribution is 2.32. The largest absolute Gasteiger partial charge is 0.478 e. The predicted molar refractivity (Wildman–Crippen MR) is 76.5 cm³/mol.